The van der Waals surface area contributed by atoms with Crippen LogP contribution in [-0.4, -0.2) is 28.6 Å². The van der Waals surface area contributed by atoms with Crippen LogP contribution in [0.3, 0.4) is 0 Å². The van der Waals surface area contributed by atoms with E-state index in [1.54, 1.807) is 30.3 Å². The molecule has 1 heterocycles. The summed E-state index contributed by atoms with van der Waals surface area (Å²) in [5.41, 5.74) is 2.52. The van der Waals surface area contributed by atoms with Gasteiger partial charge in [-0.15, -0.1) is 0 Å². The van der Waals surface area contributed by atoms with Crippen LogP contribution in [0.2, 0.25) is 0 Å². The number of ether oxygens (including phenoxy) is 1. The third-order valence-electron chi connectivity index (χ3n) is 3.95. The number of hydrogen-bond donors (Lipinski definition) is 1. The molecule has 0 spiro atoms. The van der Waals surface area contributed by atoms with Crippen molar-refractivity contribution in [3.05, 3.63) is 48.0 Å². The summed E-state index contributed by atoms with van der Waals surface area (Å²) in [4.78, 5) is 2.31. The largest absolute Gasteiger partial charge is 0.490 e. The lowest BCUT2D eigenvalue weighted by molar-refractivity contribution is 0.311. The van der Waals surface area contributed by atoms with Gasteiger partial charge in [0.1, 0.15) is 12.4 Å². The molecular weight excluding hydrogens is 312 g/mol. The second kappa shape index (κ2) is 6.12. The number of fused-ring (bicyclic) bond motifs is 1. The van der Waals surface area contributed by atoms with Gasteiger partial charge in [0, 0.05) is 7.05 Å². The lowest BCUT2D eigenvalue weighted by atomic mass is 10.2. The summed E-state index contributed by atoms with van der Waals surface area (Å²) in [6.45, 7) is 3.45. The topological polar surface area (TPSA) is 58.6 Å². The molecule has 1 aliphatic heterocycles. The molecule has 0 fully saturated rings. The maximum absolute atomic E-state index is 12.5. The van der Waals surface area contributed by atoms with Gasteiger partial charge in [0.15, 0.2) is 0 Å². The van der Waals surface area contributed by atoms with E-state index < -0.39 is 10.0 Å². The van der Waals surface area contributed by atoms with Crippen LogP contribution in [0.4, 0.5) is 11.4 Å². The second-order valence-electron chi connectivity index (χ2n) is 5.56. The molecule has 0 aromatic heterocycles. The Labute approximate surface area is 136 Å². The maximum Gasteiger partial charge on any atom is 0.261 e. The highest BCUT2D eigenvalue weighted by Crippen LogP contribution is 2.33. The van der Waals surface area contributed by atoms with Gasteiger partial charge in [0.25, 0.3) is 10.0 Å². The predicted octanol–water partition coefficient (Wildman–Crippen LogP) is 2.88. The molecule has 0 bridgehead atoms. The lowest BCUT2D eigenvalue weighted by Gasteiger charge is -2.28. The van der Waals surface area contributed by atoms with Crippen LogP contribution in [0.5, 0.6) is 5.75 Å². The summed E-state index contributed by atoms with van der Waals surface area (Å²) >= 11 is 0. The van der Waals surface area contributed by atoms with Crippen molar-refractivity contribution >= 4 is 21.4 Å². The van der Waals surface area contributed by atoms with Crippen LogP contribution in [0.1, 0.15) is 12.5 Å². The third-order valence-corrected chi connectivity index (χ3v) is 5.35. The highest BCUT2D eigenvalue weighted by atomic mass is 32.2. The molecule has 0 saturated heterocycles. The first kappa shape index (κ1) is 15.7. The van der Waals surface area contributed by atoms with Crippen molar-refractivity contribution in [1.82, 2.24) is 0 Å². The maximum atomic E-state index is 12.5. The Morgan fingerprint density at radius 3 is 2.61 bits per heavy atom. The van der Waals surface area contributed by atoms with Gasteiger partial charge in [-0.25, -0.2) is 8.42 Å². The highest BCUT2D eigenvalue weighted by Gasteiger charge is 2.18. The van der Waals surface area contributed by atoms with Gasteiger partial charge in [0.2, 0.25) is 0 Å². The number of aryl methyl sites for hydroxylation is 1. The van der Waals surface area contributed by atoms with Crippen LogP contribution >= 0.6 is 0 Å². The number of nitrogens with zero attached hydrogens (tertiary/aromatic N) is 1. The van der Waals surface area contributed by atoms with Crippen molar-refractivity contribution in [2.24, 2.45) is 0 Å². The zero-order valence-corrected chi connectivity index (χ0v) is 14.1. The monoisotopic (exact) mass is 332 g/mol. The van der Waals surface area contributed by atoms with Gasteiger partial charge in [-0.3, -0.25) is 4.72 Å². The molecule has 0 radical (unpaired) electrons. The van der Waals surface area contributed by atoms with Gasteiger partial charge in [-0.1, -0.05) is 19.1 Å². The van der Waals surface area contributed by atoms with E-state index in [4.69, 9.17) is 4.74 Å². The van der Waals surface area contributed by atoms with Crippen LogP contribution in [0, 0.1) is 0 Å². The fraction of sp³-hybridized carbons (Fsp3) is 0.294. The number of nitrogens with one attached hydrogen (secondary N) is 1. The van der Waals surface area contributed by atoms with Crippen LogP contribution in [0.25, 0.3) is 0 Å². The SMILES string of the molecule is CCc1ccc(S(=O)(=O)Nc2ccc3c(c2)N(C)CCO3)cc1. The first-order chi connectivity index (χ1) is 11.0. The molecule has 0 unspecified atom stereocenters. The molecule has 1 N–H and O–H groups in total. The van der Waals surface area contributed by atoms with Crippen molar-refractivity contribution in [3.63, 3.8) is 0 Å². The van der Waals surface area contributed by atoms with E-state index in [1.807, 2.05) is 31.0 Å². The summed E-state index contributed by atoms with van der Waals surface area (Å²) in [7, 11) is -1.63. The summed E-state index contributed by atoms with van der Waals surface area (Å²) < 4.78 is 33.2. The summed E-state index contributed by atoms with van der Waals surface area (Å²) in [6, 6.07) is 12.3. The number of rotatable bonds is 4. The Morgan fingerprint density at radius 1 is 1.17 bits per heavy atom. The van der Waals surface area contributed by atoms with Gasteiger partial charge in [-0.2, -0.15) is 0 Å². The minimum atomic E-state index is -3.59. The normalized spacial score (nSPS) is 14.1. The van der Waals surface area contributed by atoms with Gasteiger partial charge in [0.05, 0.1) is 22.8 Å². The van der Waals surface area contributed by atoms with Crippen LogP contribution in [0.15, 0.2) is 47.4 Å². The van der Waals surface area contributed by atoms with Gasteiger partial charge >= 0.3 is 0 Å². The fourth-order valence-electron chi connectivity index (χ4n) is 2.53. The molecule has 6 heteroatoms. The predicted molar refractivity (Wildman–Crippen MR) is 91.8 cm³/mol. The Bertz CT molecular complexity index is 801. The smallest absolute Gasteiger partial charge is 0.261 e. The molecule has 3 rings (SSSR count). The number of likely N-dealkylation sites (N-methyl/N-ethyl adjacent to an activating group) is 1. The first-order valence-electron chi connectivity index (χ1n) is 7.59. The minimum absolute atomic E-state index is 0.261. The highest BCUT2D eigenvalue weighted by molar-refractivity contribution is 7.92. The Balaban J connectivity index is 1.86. The average Bonchev–Trinajstić information content (AvgIpc) is 2.55. The summed E-state index contributed by atoms with van der Waals surface area (Å²) in [5, 5.41) is 0. The molecule has 2 aromatic carbocycles. The molecule has 1 aliphatic rings. The number of sulfonamides is 1. The first-order valence-corrected chi connectivity index (χ1v) is 9.07. The molecule has 23 heavy (non-hydrogen) atoms. The molecule has 0 saturated carbocycles. The zero-order valence-electron chi connectivity index (χ0n) is 13.2. The standard InChI is InChI=1S/C17H20N2O3S/c1-3-13-4-7-15(8-5-13)23(20,21)18-14-6-9-17-16(12-14)19(2)10-11-22-17/h4-9,12,18H,3,10-11H2,1-2H3. The van der Waals surface area contributed by atoms with Crippen LogP contribution < -0.4 is 14.4 Å². The Morgan fingerprint density at radius 2 is 1.91 bits per heavy atom. The Hall–Kier alpha value is -2.21. The molecule has 2 aromatic rings. The van der Waals surface area contributed by atoms with E-state index in [1.165, 1.54) is 0 Å². The van der Waals surface area contributed by atoms with E-state index in [-0.39, 0.29) is 4.90 Å². The van der Waals surface area contributed by atoms with E-state index in [0.717, 1.165) is 30.0 Å². The van der Waals surface area contributed by atoms with Crippen molar-refractivity contribution in [2.75, 3.05) is 29.8 Å². The summed E-state index contributed by atoms with van der Waals surface area (Å²) in [5.74, 6) is 0.772. The van der Waals surface area contributed by atoms with Crippen molar-refractivity contribution in [2.45, 2.75) is 18.2 Å². The number of hydrogen-bond acceptors (Lipinski definition) is 4. The fourth-order valence-corrected chi connectivity index (χ4v) is 3.58. The van der Waals surface area contributed by atoms with E-state index >= 15 is 0 Å². The molecule has 5 nitrogen and oxygen atoms in total. The molecule has 122 valence electrons. The Kier molecular flexibility index (Phi) is 4.17. The van der Waals surface area contributed by atoms with Crippen LogP contribution in [-0.2, 0) is 16.4 Å². The van der Waals surface area contributed by atoms with Crippen molar-refractivity contribution in [1.29, 1.82) is 0 Å². The van der Waals surface area contributed by atoms with Crippen molar-refractivity contribution < 1.29 is 13.2 Å². The van der Waals surface area contributed by atoms with Crippen molar-refractivity contribution in [3.8, 4) is 5.75 Å². The molecular formula is C17H20N2O3S. The summed E-state index contributed by atoms with van der Waals surface area (Å²) in [6.07, 6.45) is 0.880. The van der Waals surface area contributed by atoms with Gasteiger partial charge < -0.3 is 9.64 Å². The lowest BCUT2D eigenvalue weighted by Crippen LogP contribution is -2.28. The third kappa shape index (κ3) is 3.27. The number of anilines is 2. The van der Waals surface area contributed by atoms with E-state index in [0.29, 0.717) is 12.3 Å². The zero-order chi connectivity index (χ0) is 16.4. The van der Waals surface area contributed by atoms with E-state index in [2.05, 4.69) is 4.72 Å². The molecule has 0 atom stereocenters. The number of benzene rings is 2. The quantitative estimate of drug-likeness (QED) is 0.935. The molecule has 0 amide bonds. The minimum Gasteiger partial charge on any atom is -0.490 e. The molecule has 0 aliphatic carbocycles. The van der Waals surface area contributed by atoms with Gasteiger partial charge in [-0.05, 0) is 42.3 Å². The average molecular weight is 332 g/mol. The van der Waals surface area contributed by atoms with E-state index in [9.17, 15) is 8.42 Å². The second-order valence-corrected chi connectivity index (χ2v) is 7.24.